The highest BCUT2D eigenvalue weighted by Gasteiger charge is 2.17. The third-order valence-electron chi connectivity index (χ3n) is 2.63. The van der Waals surface area contributed by atoms with E-state index in [9.17, 15) is 9.90 Å². The summed E-state index contributed by atoms with van der Waals surface area (Å²) in [7, 11) is 0. The fourth-order valence-corrected chi connectivity index (χ4v) is 3.39. The van der Waals surface area contributed by atoms with Crippen molar-refractivity contribution in [2.24, 2.45) is 0 Å². The molecule has 0 saturated carbocycles. The van der Waals surface area contributed by atoms with Crippen LogP contribution in [0.3, 0.4) is 0 Å². The van der Waals surface area contributed by atoms with Crippen molar-refractivity contribution in [3.63, 3.8) is 0 Å². The van der Waals surface area contributed by atoms with Crippen LogP contribution in [0.4, 0.5) is 0 Å². The van der Waals surface area contributed by atoms with Crippen LogP contribution in [-0.4, -0.2) is 5.11 Å². The molecule has 0 bridgehead atoms. The largest absolute Gasteiger partial charge is 0.501 e. The fraction of sp³-hybridized carbons (Fsp3) is 0. The molecule has 3 aromatic rings. The van der Waals surface area contributed by atoms with E-state index in [1.165, 1.54) is 17.4 Å². The maximum atomic E-state index is 12.2. The summed E-state index contributed by atoms with van der Waals surface area (Å²) in [5, 5.41) is 12.5. The SMILES string of the molecule is O=c1c(O)c(-c2cccs2)oc2c(Br)cc(Cl)cc12. The van der Waals surface area contributed by atoms with E-state index in [1.807, 2.05) is 11.4 Å². The molecular formula is C13H6BrClO3S. The molecule has 19 heavy (non-hydrogen) atoms. The topological polar surface area (TPSA) is 50.4 Å². The molecule has 0 aliphatic rings. The molecule has 0 aliphatic heterocycles. The van der Waals surface area contributed by atoms with Gasteiger partial charge in [0.15, 0.2) is 11.3 Å². The van der Waals surface area contributed by atoms with E-state index in [4.69, 9.17) is 16.0 Å². The smallest absolute Gasteiger partial charge is 0.235 e. The Morgan fingerprint density at radius 3 is 2.84 bits per heavy atom. The van der Waals surface area contributed by atoms with E-state index in [2.05, 4.69) is 15.9 Å². The van der Waals surface area contributed by atoms with Gasteiger partial charge in [0.25, 0.3) is 0 Å². The van der Waals surface area contributed by atoms with Crippen LogP contribution in [0.1, 0.15) is 0 Å². The number of rotatable bonds is 1. The number of benzene rings is 1. The molecule has 1 aromatic carbocycles. The van der Waals surface area contributed by atoms with Gasteiger partial charge in [-0.15, -0.1) is 11.3 Å². The predicted octanol–water partition coefficient (Wildman–Crippen LogP) is 4.64. The van der Waals surface area contributed by atoms with Gasteiger partial charge >= 0.3 is 0 Å². The van der Waals surface area contributed by atoms with Crippen LogP contribution in [-0.2, 0) is 0 Å². The molecule has 0 amide bonds. The van der Waals surface area contributed by atoms with Gasteiger partial charge in [0, 0.05) is 5.02 Å². The predicted molar refractivity (Wildman–Crippen MR) is 80.2 cm³/mol. The lowest BCUT2D eigenvalue weighted by molar-refractivity contribution is 0.449. The molecule has 96 valence electrons. The second-order valence-electron chi connectivity index (χ2n) is 3.85. The van der Waals surface area contributed by atoms with Crippen molar-refractivity contribution < 1.29 is 9.52 Å². The van der Waals surface area contributed by atoms with Gasteiger partial charge in [0.1, 0.15) is 0 Å². The van der Waals surface area contributed by atoms with E-state index in [0.717, 1.165) is 0 Å². The maximum Gasteiger partial charge on any atom is 0.235 e. The molecule has 2 aromatic heterocycles. The first kappa shape index (κ1) is 12.7. The van der Waals surface area contributed by atoms with Gasteiger partial charge in [0.05, 0.1) is 14.7 Å². The molecule has 3 rings (SSSR count). The highest BCUT2D eigenvalue weighted by molar-refractivity contribution is 9.10. The number of halogens is 2. The quantitative estimate of drug-likeness (QED) is 0.690. The Bertz CT molecular complexity index is 824. The molecule has 0 radical (unpaired) electrons. The number of hydrogen-bond acceptors (Lipinski definition) is 4. The summed E-state index contributed by atoms with van der Waals surface area (Å²) in [5.41, 5.74) is -0.122. The molecule has 3 nitrogen and oxygen atoms in total. The van der Waals surface area contributed by atoms with Crippen LogP contribution in [0.2, 0.25) is 5.02 Å². The molecule has 1 N–H and O–H groups in total. The van der Waals surface area contributed by atoms with Crippen LogP contribution in [0, 0.1) is 0 Å². The lowest BCUT2D eigenvalue weighted by Crippen LogP contribution is -2.02. The number of thiophene rings is 1. The molecule has 0 atom stereocenters. The maximum absolute atomic E-state index is 12.2. The summed E-state index contributed by atoms with van der Waals surface area (Å²) in [6.07, 6.45) is 0. The Kier molecular flexibility index (Phi) is 3.12. The molecule has 0 aliphatic carbocycles. The van der Waals surface area contributed by atoms with Gasteiger partial charge in [-0.3, -0.25) is 4.79 Å². The van der Waals surface area contributed by atoms with Gasteiger partial charge in [-0.2, -0.15) is 0 Å². The average Bonchev–Trinajstić information content (AvgIpc) is 2.88. The normalized spacial score (nSPS) is 11.1. The molecule has 0 fully saturated rings. The molecule has 0 saturated heterocycles. The first-order chi connectivity index (χ1) is 9.08. The van der Waals surface area contributed by atoms with E-state index in [1.54, 1.807) is 12.1 Å². The molecule has 6 heteroatoms. The zero-order valence-electron chi connectivity index (χ0n) is 9.31. The highest BCUT2D eigenvalue weighted by atomic mass is 79.9. The summed E-state index contributed by atoms with van der Waals surface area (Å²) in [6, 6.07) is 6.71. The summed E-state index contributed by atoms with van der Waals surface area (Å²) in [5.74, 6) is -0.223. The Morgan fingerprint density at radius 1 is 1.37 bits per heavy atom. The summed E-state index contributed by atoms with van der Waals surface area (Å²) >= 11 is 10.6. The van der Waals surface area contributed by atoms with Crippen molar-refractivity contribution >= 4 is 49.8 Å². The third-order valence-corrected chi connectivity index (χ3v) is 4.31. The van der Waals surface area contributed by atoms with Crippen molar-refractivity contribution in [1.82, 2.24) is 0 Å². The Labute approximate surface area is 125 Å². The van der Waals surface area contributed by atoms with Crippen molar-refractivity contribution in [3.05, 3.63) is 49.4 Å². The number of fused-ring (bicyclic) bond motifs is 1. The van der Waals surface area contributed by atoms with Gasteiger partial charge in [-0.1, -0.05) is 17.7 Å². The van der Waals surface area contributed by atoms with Crippen LogP contribution < -0.4 is 5.43 Å². The van der Waals surface area contributed by atoms with Crippen LogP contribution in [0.15, 0.2) is 43.3 Å². The number of hydrogen-bond donors (Lipinski definition) is 1. The summed E-state index contributed by atoms with van der Waals surface area (Å²) in [4.78, 5) is 12.9. The first-order valence-corrected chi connectivity index (χ1v) is 7.31. The Balaban J connectivity index is 2.45. The lowest BCUT2D eigenvalue weighted by Gasteiger charge is -2.05. The van der Waals surface area contributed by atoms with Crippen molar-refractivity contribution in [3.8, 4) is 16.4 Å². The lowest BCUT2D eigenvalue weighted by atomic mass is 10.2. The van der Waals surface area contributed by atoms with Crippen molar-refractivity contribution in [2.45, 2.75) is 0 Å². The standard InChI is InChI=1S/C13H6BrClO3S/c14-8-5-6(15)4-7-10(16)11(17)13(18-12(7)8)9-2-1-3-19-9/h1-5,17H. The highest BCUT2D eigenvalue weighted by Crippen LogP contribution is 2.36. The van der Waals surface area contributed by atoms with Crippen molar-refractivity contribution in [1.29, 1.82) is 0 Å². The van der Waals surface area contributed by atoms with E-state index >= 15 is 0 Å². The van der Waals surface area contributed by atoms with Crippen LogP contribution in [0.5, 0.6) is 5.75 Å². The monoisotopic (exact) mass is 356 g/mol. The Hall–Kier alpha value is -1.30. The average molecular weight is 358 g/mol. The molecule has 0 spiro atoms. The zero-order chi connectivity index (χ0) is 13.6. The van der Waals surface area contributed by atoms with E-state index in [0.29, 0.717) is 20.0 Å². The second-order valence-corrected chi connectivity index (χ2v) is 6.09. The summed E-state index contributed by atoms with van der Waals surface area (Å²) in [6.45, 7) is 0. The zero-order valence-corrected chi connectivity index (χ0v) is 12.5. The minimum atomic E-state index is -0.493. The fourth-order valence-electron chi connectivity index (χ4n) is 1.79. The van der Waals surface area contributed by atoms with Crippen LogP contribution in [0.25, 0.3) is 21.6 Å². The van der Waals surface area contributed by atoms with E-state index < -0.39 is 11.2 Å². The first-order valence-electron chi connectivity index (χ1n) is 5.26. The van der Waals surface area contributed by atoms with Gasteiger partial charge in [0.2, 0.25) is 11.2 Å². The molecule has 2 heterocycles. The Morgan fingerprint density at radius 2 is 2.16 bits per heavy atom. The van der Waals surface area contributed by atoms with Crippen LogP contribution >= 0.6 is 38.9 Å². The third kappa shape index (κ3) is 2.08. The summed E-state index contributed by atoms with van der Waals surface area (Å²) < 4.78 is 6.23. The number of aromatic hydroxyl groups is 1. The van der Waals surface area contributed by atoms with Crippen molar-refractivity contribution in [2.75, 3.05) is 0 Å². The van der Waals surface area contributed by atoms with Gasteiger partial charge in [-0.25, -0.2) is 0 Å². The van der Waals surface area contributed by atoms with Gasteiger partial charge in [-0.05, 0) is 39.5 Å². The molecular weight excluding hydrogens is 352 g/mol. The minimum Gasteiger partial charge on any atom is -0.501 e. The molecule has 0 unspecified atom stereocenters. The van der Waals surface area contributed by atoms with Gasteiger partial charge < -0.3 is 9.52 Å². The second kappa shape index (κ2) is 4.67. The van der Waals surface area contributed by atoms with E-state index in [-0.39, 0.29) is 11.1 Å². The minimum absolute atomic E-state index is 0.176.